The Labute approximate surface area is 154 Å². The summed E-state index contributed by atoms with van der Waals surface area (Å²) in [4.78, 5) is 14.4. The number of H-pyrrole nitrogens is 1. The fraction of sp³-hybridized carbons (Fsp3) is 0.444. The summed E-state index contributed by atoms with van der Waals surface area (Å²) in [6.07, 6.45) is -3.37. The molecule has 0 spiro atoms. The van der Waals surface area contributed by atoms with E-state index in [1.165, 1.54) is 18.2 Å². The van der Waals surface area contributed by atoms with Gasteiger partial charge in [0, 0.05) is 13.1 Å². The normalized spacial score (nSPS) is 17.9. The molecule has 0 saturated carbocycles. The number of halogens is 3. The van der Waals surface area contributed by atoms with Gasteiger partial charge in [0.25, 0.3) is 5.91 Å². The Morgan fingerprint density at radius 2 is 2.22 bits per heavy atom. The number of amides is 1. The molecule has 0 bridgehead atoms. The van der Waals surface area contributed by atoms with Crippen molar-refractivity contribution in [2.75, 3.05) is 26.7 Å². The maximum Gasteiger partial charge on any atom is 0.416 e. The summed E-state index contributed by atoms with van der Waals surface area (Å²) < 4.78 is 43.5. The molecule has 0 unspecified atom stereocenters. The van der Waals surface area contributed by atoms with Crippen molar-refractivity contribution >= 4 is 5.91 Å². The van der Waals surface area contributed by atoms with Crippen molar-refractivity contribution in [2.45, 2.75) is 19.2 Å². The Balaban J connectivity index is 1.51. The molecule has 3 rings (SSSR count). The van der Waals surface area contributed by atoms with Crippen LogP contribution in [0.3, 0.4) is 0 Å². The van der Waals surface area contributed by atoms with Crippen molar-refractivity contribution in [1.29, 1.82) is 0 Å². The molecule has 0 aliphatic carbocycles. The molecule has 146 valence electrons. The second-order valence-corrected chi connectivity index (χ2v) is 6.72. The number of alkyl halides is 3. The number of hydrogen-bond acceptors (Lipinski definition) is 4. The number of benzene rings is 1. The van der Waals surface area contributed by atoms with Crippen LogP contribution in [0, 0.1) is 5.92 Å². The molecule has 1 saturated heterocycles. The van der Waals surface area contributed by atoms with Gasteiger partial charge in [-0.2, -0.15) is 18.3 Å². The third-order valence-electron chi connectivity index (χ3n) is 4.46. The van der Waals surface area contributed by atoms with Crippen LogP contribution in [-0.2, 0) is 12.8 Å². The lowest BCUT2D eigenvalue weighted by Gasteiger charge is -2.10. The van der Waals surface area contributed by atoms with E-state index in [0.29, 0.717) is 18.2 Å². The summed E-state index contributed by atoms with van der Waals surface area (Å²) in [6, 6.07) is 6.17. The first kappa shape index (κ1) is 19.2. The molecule has 2 N–H and O–H groups in total. The summed E-state index contributed by atoms with van der Waals surface area (Å²) in [5.74, 6) is 0.239. The lowest BCUT2D eigenvalue weighted by atomic mass is 10.1. The number of nitrogens with zero attached hydrogens (tertiary/aromatic N) is 2. The molecule has 1 aromatic heterocycles. The minimum Gasteiger partial charge on any atom is -0.487 e. The minimum absolute atomic E-state index is 0.0188. The number of hydrogen-bond donors (Lipinski definition) is 2. The van der Waals surface area contributed by atoms with Crippen LogP contribution < -0.4 is 10.1 Å². The van der Waals surface area contributed by atoms with Gasteiger partial charge in [-0.1, -0.05) is 6.07 Å². The maximum absolute atomic E-state index is 12.7. The van der Waals surface area contributed by atoms with E-state index in [2.05, 4.69) is 20.4 Å². The number of carbonyl (C=O) groups excluding carboxylic acids is 1. The zero-order chi connectivity index (χ0) is 19.4. The van der Waals surface area contributed by atoms with E-state index in [9.17, 15) is 18.0 Å². The first-order valence-corrected chi connectivity index (χ1v) is 8.62. The van der Waals surface area contributed by atoms with Crippen molar-refractivity contribution in [3.8, 4) is 5.75 Å². The molecule has 1 atom stereocenters. The van der Waals surface area contributed by atoms with Crippen LogP contribution in [0.2, 0.25) is 0 Å². The second-order valence-electron chi connectivity index (χ2n) is 6.72. The Hall–Kier alpha value is -2.55. The Bertz CT molecular complexity index is 791. The Kier molecular flexibility index (Phi) is 5.69. The van der Waals surface area contributed by atoms with Gasteiger partial charge in [0.05, 0.1) is 11.3 Å². The highest BCUT2D eigenvalue weighted by Gasteiger charge is 2.30. The highest BCUT2D eigenvalue weighted by Crippen LogP contribution is 2.31. The number of nitrogens with one attached hydrogen (secondary N) is 2. The molecule has 0 radical (unpaired) electrons. The SMILES string of the molecule is CN1CC[C@H](CNC(=O)c2cc(COc3cccc(C(F)(F)F)c3)[nH]n2)C1. The number of rotatable bonds is 6. The summed E-state index contributed by atoms with van der Waals surface area (Å²) in [5, 5.41) is 9.47. The van der Waals surface area contributed by atoms with Gasteiger partial charge in [0.2, 0.25) is 0 Å². The molecular formula is C18H21F3N4O2. The second kappa shape index (κ2) is 7.99. The van der Waals surface area contributed by atoms with Gasteiger partial charge in [-0.25, -0.2) is 0 Å². The zero-order valence-corrected chi connectivity index (χ0v) is 14.8. The van der Waals surface area contributed by atoms with Gasteiger partial charge in [-0.3, -0.25) is 9.89 Å². The monoisotopic (exact) mass is 382 g/mol. The maximum atomic E-state index is 12.7. The van der Waals surface area contributed by atoms with Gasteiger partial charge >= 0.3 is 6.18 Å². The average molecular weight is 382 g/mol. The molecule has 1 amide bonds. The molecule has 1 aliphatic rings. The van der Waals surface area contributed by atoms with Crippen LogP contribution >= 0.6 is 0 Å². The van der Waals surface area contributed by atoms with Crippen molar-refractivity contribution in [3.05, 3.63) is 47.3 Å². The molecule has 1 fully saturated rings. The summed E-state index contributed by atoms with van der Waals surface area (Å²) >= 11 is 0. The van der Waals surface area contributed by atoms with Crippen LogP contribution in [0.4, 0.5) is 13.2 Å². The Morgan fingerprint density at radius 3 is 2.93 bits per heavy atom. The molecular weight excluding hydrogens is 361 g/mol. The number of likely N-dealkylation sites (tertiary alicyclic amines) is 1. The standard InChI is InChI=1S/C18H21F3N4O2/c1-25-6-5-12(10-25)9-22-17(26)16-8-14(23-24-16)11-27-15-4-2-3-13(7-15)18(19,20)21/h2-4,7-8,12H,5-6,9-11H2,1H3,(H,22,26)(H,23,24)/t12-/m1/s1. The van der Waals surface area contributed by atoms with Crippen molar-refractivity contribution in [3.63, 3.8) is 0 Å². The predicted octanol–water partition coefficient (Wildman–Crippen LogP) is 2.69. The van der Waals surface area contributed by atoms with Crippen molar-refractivity contribution < 1.29 is 22.7 Å². The molecule has 2 heterocycles. The lowest BCUT2D eigenvalue weighted by Crippen LogP contribution is -2.30. The summed E-state index contributed by atoms with van der Waals surface area (Å²) in [7, 11) is 2.05. The number of aromatic amines is 1. The lowest BCUT2D eigenvalue weighted by molar-refractivity contribution is -0.137. The summed E-state index contributed by atoms with van der Waals surface area (Å²) in [5.41, 5.74) is -0.0515. The van der Waals surface area contributed by atoms with Crippen molar-refractivity contribution in [2.24, 2.45) is 5.92 Å². The van der Waals surface area contributed by atoms with Gasteiger partial charge in [0.1, 0.15) is 18.1 Å². The number of carbonyl (C=O) groups is 1. The molecule has 6 nitrogen and oxygen atoms in total. The highest BCUT2D eigenvalue weighted by molar-refractivity contribution is 5.92. The van der Waals surface area contributed by atoms with E-state index < -0.39 is 11.7 Å². The molecule has 9 heteroatoms. The van der Waals surface area contributed by atoms with Crippen LogP contribution in [0.1, 0.15) is 28.2 Å². The Morgan fingerprint density at radius 1 is 1.41 bits per heavy atom. The van der Waals surface area contributed by atoms with Gasteiger partial charge in [-0.15, -0.1) is 0 Å². The minimum atomic E-state index is -4.42. The van der Waals surface area contributed by atoms with Crippen molar-refractivity contribution in [1.82, 2.24) is 20.4 Å². The van der Waals surface area contributed by atoms with E-state index in [4.69, 9.17) is 4.74 Å². The highest BCUT2D eigenvalue weighted by atomic mass is 19.4. The number of aromatic nitrogens is 2. The quantitative estimate of drug-likeness (QED) is 0.806. The number of ether oxygens (including phenoxy) is 1. The van der Waals surface area contributed by atoms with E-state index in [0.717, 1.165) is 31.6 Å². The fourth-order valence-corrected chi connectivity index (χ4v) is 3.00. The smallest absolute Gasteiger partial charge is 0.416 e. The predicted molar refractivity (Wildman–Crippen MR) is 92.3 cm³/mol. The van der Waals surface area contributed by atoms with Gasteiger partial charge in [0.15, 0.2) is 0 Å². The van der Waals surface area contributed by atoms with Crippen LogP contribution in [0.5, 0.6) is 5.75 Å². The third kappa shape index (κ3) is 5.22. The fourth-order valence-electron chi connectivity index (χ4n) is 3.00. The van der Waals surface area contributed by atoms with Crippen LogP contribution in [0.15, 0.2) is 30.3 Å². The topological polar surface area (TPSA) is 70.2 Å². The first-order valence-electron chi connectivity index (χ1n) is 8.62. The average Bonchev–Trinajstić information content (AvgIpc) is 3.26. The van der Waals surface area contributed by atoms with E-state index >= 15 is 0 Å². The molecule has 1 aromatic carbocycles. The first-order chi connectivity index (χ1) is 12.8. The van der Waals surface area contributed by atoms with Crippen LogP contribution in [0.25, 0.3) is 0 Å². The van der Waals surface area contributed by atoms with Gasteiger partial charge < -0.3 is 15.0 Å². The molecule has 1 aliphatic heterocycles. The van der Waals surface area contributed by atoms with E-state index in [1.54, 1.807) is 0 Å². The van der Waals surface area contributed by atoms with Crippen LogP contribution in [-0.4, -0.2) is 47.7 Å². The van der Waals surface area contributed by atoms with Gasteiger partial charge in [-0.05, 0) is 50.2 Å². The molecule has 2 aromatic rings. The zero-order valence-electron chi connectivity index (χ0n) is 14.8. The summed E-state index contributed by atoms with van der Waals surface area (Å²) in [6.45, 7) is 2.55. The van der Waals surface area contributed by atoms with E-state index in [-0.39, 0.29) is 24.0 Å². The molecule has 27 heavy (non-hydrogen) atoms. The largest absolute Gasteiger partial charge is 0.487 e. The van der Waals surface area contributed by atoms with E-state index in [1.807, 2.05) is 7.05 Å². The third-order valence-corrected chi connectivity index (χ3v) is 4.46.